The molecule has 0 atom stereocenters. The van der Waals surface area contributed by atoms with Gasteiger partial charge in [-0.05, 0) is 42.7 Å². The van der Waals surface area contributed by atoms with Gasteiger partial charge >= 0.3 is 6.61 Å². The SMILES string of the molecule is O=C(/C=C/c1ccccc1OC(F)F)NCc1ccc(N2CCCC2)cc1. The standard InChI is InChI=1S/C21H22F2N2O2/c22-21(23)27-19-6-2-1-5-17(19)9-12-20(26)24-15-16-7-10-18(11-8-16)25-13-3-4-14-25/h1-2,5-12,21H,3-4,13-15H2,(H,24,26)/b12-9+. The van der Waals surface area contributed by atoms with Crippen LogP contribution in [0, 0.1) is 0 Å². The number of nitrogens with one attached hydrogen (secondary N) is 1. The number of benzene rings is 2. The Morgan fingerprint density at radius 2 is 1.81 bits per heavy atom. The third kappa shape index (κ3) is 5.54. The quantitative estimate of drug-likeness (QED) is 0.740. The molecule has 1 saturated heterocycles. The van der Waals surface area contributed by atoms with Gasteiger partial charge in [0.2, 0.25) is 5.91 Å². The molecule has 0 unspecified atom stereocenters. The highest BCUT2D eigenvalue weighted by Gasteiger charge is 2.12. The van der Waals surface area contributed by atoms with E-state index >= 15 is 0 Å². The molecule has 0 spiro atoms. The number of amides is 1. The lowest BCUT2D eigenvalue weighted by Gasteiger charge is -2.17. The van der Waals surface area contributed by atoms with Crippen molar-refractivity contribution < 1.29 is 18.3 Å². The summed E-state index contributed by atoms with van der Waals surface area (Å²) in [5.74, 6) is -0.264. The molecule has 0 aromatic heterocycles. The lowest BCUT2D eigenvalue weighted by molar-refractivity contribution is -0.116. The highest BCUT2D eigenvalue weighted by atomic mass is 19.3. The van der Waals surface area contributed by atoms with Gasteiger partial charge < -0.3 is 15.0 Å². The first kappa shape index (κ1) is 18.9. The molecule has 6 heteroatoms. The number of alkyl halides is 2. The molecule has 3 rings (SSSR count). The average molecular weight is 372 g/mol. The zero-order chi connectivity index (χ0) is 19.1. The van der Waals surface area contributed by atoms with E-state index in [0.717, 1.165) is 18.7 Å². The van der Waals surface area contributed by atoms with E-state index in [2.05, 4.69) is 27.1 Å². The molecule has 4 nitrogen and oxygen atoms in total. The normalized spacial score (nSPS) is 14.1. The first-order chi connectivity index (χ1) is 13.1. The van der Waals surface area contributed by atoms with Crippen LogP contribution in [0.25, 0.3) is 6.08 Å². The second-order valence-corrected chi connectivity index (χ2v) is 6.33. The van der Waals surface area contributed by atoms with Crippen LogP contribution in [0.4, 0.5) is 14.5 Å². The Hall–Kier alpha value is -2.89. The summed E-state index contributed by atoms with van der Waals surface area (Å²) < 4.78 is 29.3. The number of rotatable bonds is 7. The molecule has 0 saturated carbocycles. The average Bonchev–Trinajstić information content (AvgIpc) is 3.20. The Balaban J connectivity index is 1.53. The van der Waals surface area contributed by atoms with Crippen LogP contribution in [0.3, 0.4) is 0 Å². The van der Waals surface area contributed by atoms with Gasteiger partial charge in [-0.3, -0.25) is 4.79 Å². The van der Waals surface area contributed by atoms with E-state index in [1.165, 1.54) is 36.7 Å². The fourth-order valence-corrected chi connectivity index (χ4v) is 3.04. The third-order valence-corrected chi connectivity index (χ3v) is 4.42. The van der Waals surface area contributed by atoms with Crippen LogP contribution in [-0.2, 0) is 11.3 Å². The molecule has 0 aliphatic carbocycles. The van der Waals surface area contributed by atoms with Crippen LogP contribution < -0.4 is 15.0 Å². The van der Waals surface area contributed by atoms with Gasteiger partial charge in [-0.1, -0.05) is 30.3 Å². The largest absolute Gasteiger partial charge is 0.434 e. The molecule has 1 heterocycles. The Morgan fingerprint density at radius 1 is 1.11 bits per heavy atom. The van der Waals surface area contributed by atoms with Crippen LogP contribution in [-0.4, -0.2) is 25.6 Å². The smallest absolute Gasteiger partial charge is 0.387 e. The van der Waals surface area contributed by atoms with Gasteiger partial charge in [-0.2, -0.15) is 8.78 Å². The summed E-state index contributed by atoms with van der Waals surface area (Å²) in [7, 11) is 0. The zero-order valence-corrected chi connectivity index (χ0v) is 14.9. The minimum atomic E-state index is -2.91. The molecular formula is C21H22F2N2O2. The topological polar surface area (TPSA) is 41.6 Å². The van der Waals surface area contributed by atoms with Crippen LogP contribution >= 0.6 is 0 Å². The number of nitrogens with zero attached hydrogens (tertiary/aromatic N) is 1. The van der Waals surface area contributed by atoms with Crippen molar-refractivity contribution in [1.29, 1.82) is 0 Å². The van der Waals surface area contributed by atoms with Crippen molar-refractivity contribution in [1.82, 2.24) is 5.32 Å². The molecule has 2 aromatic rings. The van der Waals surface area contributed by atoms with E-state index in [1.807, 2.05) is 12.1 Å². The summed E-state index contributed by atoms with van der Waals surface area (Å²) in [5, 5.41) is 2.79. The minimum absolute atomic E-state index is 0.0362. The van der Waals surface area contributed by atoms with E-state index in [0.29, 0.717) is 12.1 Å². The number of halogens is 2. The van der Waals surface area contributed by atoms with Gasteiger partial charge in [0.1, 0.15) is 5.75 Å². The molecule has 1 N–H and O–H groups in total. The van der Waals surface area contributed by atoms with Gasteiger partial charge in [0.15, 0.2) is 0 Å². The number of hydrogen-bond donors (Lipinski definition) is 1. The summed E-state index contributed by atoms with van der Waals surface area (Å²) in [6.07, 6.45) is 5.24. The van der Waals surface area contributed by atoms with Crippen LogP contribution in [0.2, 0.25) is 0 Å². The fraction of sp³-hybridized carbons (Fsp3) is 0.286. The molecule has 142 valence electrons. The minimum Gasteiger partial charge on any atom is -0.434 e. The van der Waals surface area contributed by atoms with Crippen LogP contribution in [0.15, 0.2) is 54.6 Å². The summed E-state index contributed by atoms with van der Waals surface area (Å²) in [5.41, 5.74) is 2.63. The lowest BCUT2D eigenvalue weighted by Crippen LogP contribution is -2.20. The summed E-state index contributed by atoms with van der Waals surface area (Å²) in [6.45, 7) is -0.314. The monoisotopic (exact) mass is 372 g/mol. The van der Waals surface area contributed by atoms with E-state index in [9.17, 15) is 13.6 Å². The van der Waals surface area contributed by atoms with Gasteiger partial charge in [-0.25, -0.2) is 0 Å². The molecule has 1 aliphatic heterocycles. The summed E-state index contributed by atoms with van der Waals surface area (Å²) in [6, 6.07) is 14.5. The molecule has 27 heavy (non-hydrogen) atoms. The molecule has 0 radical (unpaired) electrons. The number of carbonyl (C=O) groups is 1. The number of para-hydroxylation sites is 1. The maximum absolute atomic E-state index is 12.4. The van der Waals surface area contributed by atoms with Crippen molar-refractivity contribution in [3.8, 4) is 5.75 Å². The molecule has 1 aliphatic rings. The highest BCUT2D eigenvalue weighted by molar-refractivity contribution is 5.92. The van der Waals surface area contributed by atoms with E-state index in [1.54, 1.807) is 18.2 Å². The molecular weight excluding hydrogens is 350 g/mol. The third-order valence-electron chi connectivity index (χ3n) is 4.42. The Bertz CT molecular complexity index is 785. The zero-order valence-electron chi connectivity index (χ0n) is 14.9. The van der Waals surface area contributed by atoms with Crippen molar-refractivity contribution in [3.05, 3.63) is 65.7 Å². The Kier molecular flexibility index (Phi) is 6.41. The highest BCUT2D eigenvalue weighted by Crippen LogP contribution is 2.22. The fourth-order valence-electron chi connectivity index (χ4n) is 3.04. The second kappa shape index (κ2) is 9.16. The van der Waals surface area contributed by atoms with Gasteiger partial charge in [0.05, 0.1) is 0 Å². The van der Waals surface area contributed by atoms with Crippen LogP contribution in [0.1, 0.15) is 24.0 Å². The van der Waals surface area contributed by atoms with Crippen molar-refractivity contribution in [2.75, 3.05) is 18.0 Å². The van der Waals surface area contributed by atoms with Gasteiger partial charge in [0.25, 0.3) is 0 Å². The van der Waals surface area contributed by atoms with E-state index in [-0.39, 0.29) is 11.7 Å². The number of ether oxygens (including phenoxy) is 1. The van der Waals surface area contributed by atoms with E-state index < -0.39 is 6.61 Å². The first-order valence-corrected chi connectivity index (χ1v) is 8.95. The van der Waals surface area contributed by atoms with Gasteiger partial charge in [-0.15, -0.1) is 0 Å². The first-order valence-electron chi connectivity index (χ1n) is 8.95. The predicted octanol–water partition coefficient (Wildman–Crippen LogP) is 4.22. The maximum Gasteiger partial charge on any atom is 0.387 e. The lowest BCUT2D eigenvalue weighted by atomic mass is 10.2. The van der Waals surface area contributed by atoms with Crippen molar-refractivity contribution >= 4 is 17.7 Å². The van der Waals surface area contributed by atoms with Crippen molar-refractivity contribution in [3.63, 3.8) is 0 Å². The van der Waals surface area contributed by atoms with E-state index in [4.69, 9.17) is 0 Å². The summed E-state index contributed by atoms with van der Waals surface area (Å²) >= 11 is 0. The second-order valence-electron chi connectivity index (χ2n) is 6.33. The number of anilines is 1. The number of hydrogen-bond acceptors (Lipinski definition) is 3. The molecule has 2 aromatic carbocycles. The maximum atomic E-state index is 12.4. The van der Waals surface area contributed by atoms with Crippen LogP contribution in [0.5, 0.6) is 5.75 Å². The van der Waals surface area contributed by atoms with Gasteiger partial charge in [0, 0.05) is 37.0 Å². The van der Waals surface area contributed by atoms with Crippen molar-refractivity contribution in [2.45, 2.75) is 26.0 Å². The molecule has 1 fully saturated rings. The molecule has 1 amide bonds. The predicted molar refractivity (Wildman–Crippen MR) is 102 cm³/mol. The Labute approximate surface area is 157 Å². The summed E-state index contributed by atoms with van der Waals surface area (Å²) in [4.78, 5) is 14.4. The Morgan fingerprint density at radius 3 is 2.52 bits per heavy atom. The molecule has 0 bridgehead atoms. The van der Waals surface area contributed by atoms with Crippen molar-refractivity contribution in [2.24, 2.45) is 0 Å². The number of carbonyl (C=O) groups excluding carboxylic acids is 1.